The van der Waals surface area contributed by atoms with Gasteiger partial charge in [0.15, 0.2) is 11.5 Å². The molecule has 0 aliphatic heterocycles. The zero-order chi connectivity index (χ0) is 18.9. The van der Waals surface area contributed by atoms with Crippen LogP contribution in [0.5, 0.6) is 11.5 Å². The molecule has 26 heavy (non-hydrogen) atoms. The number of amides is 1. The Kier molecular flexibility index (Phi) is 5.43. The minimum atomic E-state index is -3.80. The molecule has 1 amide bonds. The van der Waals surface area contributed by atoms with Gasteiger partial charge in [0.1, 0.15) is 0 Å². The molecule has 1 aromatic rings. The standard InChI is InChI=1S/C18H26N2O5S/c1-20(11-18(21)19-15-9-12-4-5-13(15)8-12)26(22,23)14-6-7-16(24-2)17(10-14)25-3/h6-7,10,12-13,15H,4-5,8-9,11H2,1-3H3,(H,19,21). The van der Waals surface area contributed by atoms with E-state index < -0.39 is 10.0 Å². The molecule has 1 aromatic carbocycles. The van der Waals surface area contributed by atoms with Crippen LogP contribution in [0, 0.1) is 11.8 Å². The van der Waals surface area contributed by atoms with Gasteiger partial charge < -0.3 is 14.8 Å². The fourth-order valence-corrected chi connectivity index (χ4v) is 5.26. The number of fused-ring (bicyclic) bond motifs is 2. The number of benzene rings is 1. The summed E-state index contributed by atoms with van der Waals surface area (Å²) in [5.41, 5.74) is 0. The second-order valence-electron chi connectivity index (χ2n) is 7.13. The summed E-state index contributed by atoms with van der Waals surface area (Å²) in [6, 6.07) is 4.58. The van der Waals surface area contributed by atoms with Crippen LogP contribution in [0.3, 0.4) is 0 Å². The molecule has 2 aliphatic rings. The molecule has 3 unspecified atom stereocenters. The zero-order valence-corrected chi connectivity index (χ0v) is 16.2. The Hall–Kier alpha value is -1.80. The summed E-state index contributed by atoms with van der Waals surface area (Å²) in [6.07, 6.45) is 4.62. The van der Waals surface area contributed by atoms with Crippen LogP contribution in [0.1, 0.15) is 25.7 Å². The Morgan fingerprint density at radius 1 is 1.19 bits per heavy atom. The second kappa shape index (κ2) is 7.44. The lowest BCUT2D eigenvalue weighted by Crippen LogP contribution is -2.44. The van der Waals surface area contributed by atoms with E-state index in [0.29, 0.717) is 17.4 Å². The highest BCUT2D eigenvalue weighted by Crippen LogP contribution is 2.44. The van der Waals surface area contributed by atoms with Crippen LogP contribution < -0.4 is 14.8 Å². The van der Waals surface area contributed by atoms with Crippen LogP contribution >= 0.6 is 0 Å². The third kappa shape index (κ3) is 3.66. The molecular formula is C18H26N2O5S. The van der Waals surface area contributed by atoms with Crippen molar-refractivity contribution in [2.24, 2.45) is 11.8 Å². The zero-order valence-electron chi connectivity index (χ0n) is 15.4. The molecule has 3 atom stereocenters. The number of ether oxygens (including phenoxy) is 2. The number of methoxy groups -OCH3 is 2. The average molecular weight is 382 g/mol. The molecule has 1 N–H and O–H groups in total. The fraction of sp³-hybridized carbons (Fsp3) is 0.611. The number of nitrogens with one attached hydrogen (secondary N) is 1. The lowest BCUT2D eigenvalue weighted by atomic mass is 9.95. The highest BCUT2D eigenvalue weighted by Gasteiger charge is 2.40. The maximum absolute atomic E-state index is 12.7. The molecule has 144 valence electrons. The van der Waals surface area contributed by atoms with Crippen molar-refractivity contribution in [2.45, 2.75) is 36.6 Å². The summed E-state index contributed by atoms with van der Waals surface area (Å²) in [4.78, 5) is 12.4. The van der Waals surface area contributed by atoms with Gasteiger partial charge in [0.25, 0.3) is 0 Å². The SMILES string of the molecule is COc1ccc(S(=O)(=O)N(C)CC(=O)NC2CC3CCC2C3)cc1OC. The predicted octanol–water partition coefficient (Wildman–Crippen LogP) is 1.63. The van der Waals surface area contributed by atoms with Crippen molar-refractivity contribution in [3.63, 3.8) is 0 Å². The third-order valence-corrected chi connectivity index (χ3v) is 7.31. The van der Waals surface area contributed by atoms with E-state index in [1.165, 1.54) is 52.3 Å². The number of hydrogen-bond donors (Lipinski definition) is 1. The van der Waals surface area contributed by atoms with E-state index in [9.17, 15) is 13.2 Å². The molecule has 0 heterocycles. The van der Waals surface area contributed by atoms with Gasteiger partial charge in [-0.15, -0.1) is 0 Å². The van der Waals surface area contributed by atoms with Crippen LogP contribution in [0.2, 0.25) is 0 Å². The number of likely N-dealkylation sites (N-methyl/N-ethyl adjacent to an activating group) is 1. The number of hydrogen-bond acceptors (Lipinski definition) is 5. The third-order valence-electron chi connectivity index (χ3n) is 5.51. The smallest absolute Gasteiger partial charge is 0.243 e. The second-order valence-corrected chi connectivity index (χ2v) is 9.17. The summed E-state index contributed by atoms with van der Waals surface area (Å²) < 4.78 is 36.9. The molecule has 2 saturated carbocycles. The molecule has 2 aliphatic carbocycles. The van der Waals surface area contributed by atoms with Crippen molar-refractivity contribution in [3.05, 3.63) is 18.2 Å². The van der Waals surface area contributed by atoms with E-state index >= 15 is 0 Å². The van der Waals surface area contributed by atoms with E-state index in [0.717, 1.165) is 23.1 Å². The van der Waals surface area contributed by atoms with Crippen molar-refractivity contribution in [2.75, 3.05) is 27.8 Å². The molecule has 0 spiro atoms. The Morgan fingerprint density at radius 3 is 2.50 bits per heavy atom. The van der Waals surface area contributed by atoms with Gasteiger partial charge in [-0.1, -0.05) is 6.42 Å². The molecule has 7 nitrogen and oxygen atoms in total. The summed E-state index contributed by atoms with van der Waals surface area (Å²) in [6.45, 7) is -0.204. The van der Waals surface area contributed by atoms with Gasteiger partial charge in [-0.25, -0.2) is 8.42 Å². The van der Waals surface area contributed by atoms with Crippen molar-refractivity contribution in [1.82, 2.24) is 9.62 Å². The van der Waals surface area contributed by atoms with Crippen LogP contribution in [0.4, 0.5) is 0 Å². The van der Waals surface area contributed by atoms with Gasteiger partial charge in [0, 0.05) is 19.2 Å². The Bertz CT molecular complexity index is 780. The number of carbonyl (C=O) groups is 1. The highest BCUT2D eigenvalue weighted by molar-refractivity contribution is 7.89. The van der Waals surface area contributed by atoms with Crippen LogP contribution in [-0.4, -0.2) is 52.5 Å². The molecule has 8 heteroatoms. The summed E-state index contributed by atoms with van der Waals surface area (Å²) in [5.74, 6) is 1.79. The molecule has 2 fully saturated rings. The van der Waals surface area contributed by atoms with Gasteiger partial charge in [-0.3, -0.25) is 4.79 Å². The normalized spacial score (nSPS) is 24.7. The summed E-state index contributed by atoms with van der Waals surface area (Å²) >= 11 is 0. The van der Waals surface area contributed by atoms with Crippen molar-refractivity contribution in [1.29, 1.82) is 0 Å². The maximum Gasteiger partial charge on any atom is 0.243 e. The average Bonchev–Trinajstić information content (AvgIpc) is 3.23. The van der Waals surface area contributed by atoms with E-state index in [4.69, 9.17) is 9.47 Å². The van der Waals surface area contributed by atoms with Crippen LogP contribution in [0.15, 0.2) is 23.1 Å². The fourth-order valence-electron chi connectivity index (χ4n) is 4.12. The van der Waals surface area contributed by atoms with Crippen LogP contribution in [0.25, 0.3) is 0 Å². The minimum Gasteiger partial charge on any atom is -0.493 e. The predicted molar refractivity (Wildman–Crippen MR) is 96.7 cm³/mol. The molecule has 0 saturated heterocycles. The quantitative estimate of drug-likeness (QED) is 0.775. The first-order valence-electron chi connectivity index (χ1n) is 8.83. The molecule has 3 rings (SSSR count). The number of nitrogens with zero attached hydrogens (tertiary/aromatic N) is 1. The van der Waals surface area contributed by atoms with Crippen molar-refractivity contribution in [3.8, 4) is 11.5 Å². The minimum absolute atomic E-state index is 0.0605. The Balaban J connectivity index is 1.66. The molecule has 2 bridgehead atoms. The van der Waals surface area contributed by atoms with Crippen molar-refractivity contribution < 1.29 is 22.7 Å². The largest absolute Gasteiger partial charge is 0.493 e. The van der Waals surface area contributed by atoms with E-state index in [-0.39, 0.29) is 23.4 Å². The highest BCUT2D eigenvalue weighted by atomic mass is 32.2. The van der Waals surface area contributed by atoms with E-state index in [2.05, 4.69) is 5.32 Å². The topological polar surface area (TPSA) is 84.9 Å². The molecule has 0 radical (unpaired) electrons. The van der Waals surface area contributed by atoms with Crippen LogP contribution in [-0.2, 0) is 14.8 Å². The van der Waals surface area contributed by atoms with Gasteiger partial charge in [-0.05, 0) is 43.2 Å². The molecule has 0 aromatic heterocycles. The Morgan fingerprint density at radius 2 is 1.92 bits per heavy atom. The lowest BCUT2D eigenvalue weighted by molar-refractivity contribution is -0.122. The van der Waals surface area contributed by atoms with Gasteiger partial charge in [0.05, 0.1) is 25.7 Å². The van der Waals surface area contributed by atoms with E-state index in [1.807, 2.05) is 0 Å². The number of carbonyl (C=O) groups excluding carboxylic acids is 1. The first kappa shape index (κ1) is 19.0. The van der Waals surface area contributed by atoms with Gasteiger partial charge >= 0.3 is 0 Å². The monoisotopic (exact) mass is 382 g/mol. The number of rotatable bonds is 7. The van der Waals surface area contributed by atoms with Gasteiger partial charge in [-0.2, -0.15) is 4.31 Å². The molecular weight excluding hydrogens is 356 g/mol. The first-order valence-corrected chi connectivity index (χ1v) is 10.3. The number of sulfonamides is 1. The summed E-state index contributed by atoms with van der Waals surface area (Å²) in [5, 5.41) is 3.02. The Labute approximate surface area is 154 Å². The summed E-state index contributed by atoms with van der Waals surface area (Å²) in [7, 11) is 0.540. The van der Waals surface area contributed by atoms with Crippen molar-refractivity contribution >= 4 is 15.9 Å². The lowest BCUT2D eigenvalue weighted by Gasteiger charge is -2.24. The van der Waals surface area contributed by atoms with Gasteiger partial charge in [0.2, 0.25) is 15.9 Å². The van der Waals surface area contributed by atoms with E-state index in [1.54, 1.807) is 0 Å². The first-order chi connectivity index (χ1) is 12.3. The maximum atomic E-state index is 12.7.